The highest BCUT2D eigenvalue weighted by Gasteiger charge is 2.19. The van der Waals surface area contributed by atoms with E-state index in [1.165, 1.54) is 12.8 Å². The predicted octanol–water partition coefficient (Wildman–Crippen LogP) is 0.725. The fourth-order valence-corrected chi connectivity index (χ4v) is 3.48. The van der Waals surface area contributed by atoms with Crippen molar-refractivity contribution in [1.29, 1.82) is 0 Å². The van der Waals surface area contributed by atoms with E-state index in [0.717, 1.165) is 51.9 Å². The first-order chi connectivity index (χ1) is 12.2. The van der Waals surface area contributed by atoms with E-state index in [1.807, 2.05) is 4.90 Å². The molecule has 0 unspecified atom stereocenters. The number of likely N-dealkylation sites (tertiary alicyclic amines) is 1. The van der Waals surface area contributed by atoms with Gasteiger partial charge in [0.15, 0.2) is 5.69 Å². The van der Waals surface area contributed by atoms with Crippen LogP contribution in [-0.4, -0.2) is 64.4 Å². The lowest BCUT2D eigenvalue weighted by molar-refractivity contribution is -0.131. The van der Waals surface area contributed by atoms with Crippen molar-refractivity contribution in [2.75, 3.05) is 32.7 Å². The average molecular weight is 348 g/mol. The first kappa shape index (κ1) is 17.8. The SMILES string of the molecule is O=C(NCCC(=O)N1CCCCCC1)c1cn(C2CCNCC2)nn1. The van der Waals surface area contributed by atoms with Crippen molar-refractivity contribution in [3.05, 3.63) is 11.9 Å². The summed E-state index contributed by atoms with van der Waals surface area (Å²) in [5.41, 5.74) is 0.320. The van der Waals surface area contributed by atoms with Crippen molar-refractivity contribution >= 4 is 11.8 Å². The molecule has 0 aromatic carbocycles. The highest BCUT2D eigenvalue weighted by atomic mass is 16.2. The van der Waals surface area contributed by atoms with Crippen LogP contribution in [0.5, 0.6) is 0 Å². The van der Waals surface area contributed by atoms with Gasteiger partial charge in [-0.25, -0.2) is 4.68 Å². The molecule has 2 amide bonds. The standard InChI is InChI=1S/C17H28N6O2/c24-16(22-11-3-1-2-4-12-22)7-10-19-17(25)15-13-23(21-20-15)14-5-8-18-9-6-14/h13-14,18H,1-12H2,(H,19,25). The van der Waals surface area contributed by atoms with Gasteiger partial charge in [0.05, 0.1) is 12.2 Å². The van der Waals surface area contributed by atoms with Crippen LogP contribution in [0.3, 0.4) is 0 Å². The van der Waals surface area contributed by atoms with Gasteiger partial charge < -0.3 is 15.5 Å². The second-order valence-electron chi connectivity index (χ2n) is 6.87. The molecule has 0 radical (unpaired) electrons. The fourth-order valence-electron chi connectivity index (χ4n) is 3.48. The lowest BCUT2D eigenvalue weighted by Gasteiger charge is -2.22. The van der Waals surface area contributed by atoms with Gasteiger partial charge in [0.25, 0.3) is 5.91 Å². The van der Waals surface area contributed by atoms with E-state index >= 15 is 0 Å². The first-order valence-corrected chi connectivity index (χ1v) is 9.42. The van der Waals surface area contributed by atoms with Crippen molar-refractivity contribution in [3.8, 4) is 0 Å². The Balaban J connectivity index is 1.43. The third-order valence-corrected chi connectivity index (χ3v) is 5.01. The molecular weight excluding hydrogens is 320 g/mol. The molecule has 1 aromatic rings. The topological polar surface area (TPSA) is 92.2 Å². The quantitative estimate of drug-likeness (QED) is 0.818. The first-order valence-electron chi connectivity index (χ1n) is 9.42. The molecule has 0 aliphatic carbocycles. The number of carbonyl (C=O) groups is 2. The Bertz CT molecular complexity index is 573. The summed E-state index contributed by atoms with van der Waals surface area (Å²) in [7, 11) is 0. The molecule has 0 spiro atoms. The summed E-state index contributed by atoms with van der Waals surface area (Å²) in [5.74, 6) is -0.135. The Kier molecular flexibility index (Phi) is 6.38. The Morgan fingerprint density at radius 3 is 2.60 bits per heavy atom. The van der Waals surface area contributed by atoms with Crippen molar-refractivity contribution < 1.29 is 9.59 Å². The summed E-state index contributed by atoms with van der Waals surface area (Å²) >= 11 is 0. The van der Waals surface area contributed by atoms with Gasteiger partial charge in [-0.1, -0.05) is 18.1 Å². The van der Waals surface area contributed by atoms with Crippen LogP contribution in [0.1, 0.15) is 61.5 Å². The zero-order valence-electron chi connectivity index (χ0n) is 14.7. The minimum atomic E-state index is -0.260. The van der Waals surface area contributed by atoms with Gasteiger partial charge in [-0.05, 0) is 38.8 Å². The van der Waals surface area contributed by atoms with Crippen molar-refractivity contribution in [2.45, 2.75) is 51.0 Å². The molecule has 1 aromatic heterocycles. The van der Waals surface area contributed by atoms with Crippen molar-refractivity contribution in [2.24, 2.45) is 0 Å². The van der Waals surface area contributed by atoms with Gasteiger partial charge in [0, 0.05) is 26.1 Å². The molecular formula is C17H28N6O2. The smallest absolute Gasteiger partial charge is 0.273 e. The number of piperidine rings is 1. The van der Waals surface area contributed by atoms with Crippen molar-refractivity contribution in [3.63, 3.8) is 0 Å². The normalized spacial score (nSPS) is 19.4. The van der Waals surface area contributed by atoms with Gasteiger partial charge in [0.2, 0.25) is 5.91 Å². The number of amides is 2. The molecule has 8 heteroatoms. The molecule has 8 nitrogen and oxygen atoms in total. The van der Waals surface area contributed by atoms with E-state index in [4.69, 9.17) is 0 Å². The molecule has 0 bridgehead atoms. The molecule has 25 heavy (non-hydrogen) atoms. The largest absolute Gasteiger partial charge is 0.350 e. The molecule has 2 aliphatic rings. The Hall–Kier alpha value is -1.96. The van der Waals surface area contributed by atoms with E-state index in [2.05, 4.69) is 20.9 Å². The minimum absolute atomic E-state index is 0.126. The Morgan fingerprint density at radius 1 is 1.16 bits per heavy atom. The fraction of sp³-hybridized carbons (Fsp3) is 0.765. The summed E-state index contributed by atoms with van der Waals surface area (Å²) in [5, 5.41) is 14.2. The van der Waals surface area contributed by atoms with Crippen LogP contribution < -0.4 is 10.6 Å². The van der Waals surface area contributed by atoms with Crippen LogP contribution in [-0.2, 0) is 4.79 Å². The van der Waals surface area contributed by atoms with Gasteiger partial charge >= 0.3 is 0 Å². The van der Waals surface area contributed by atoms with Crippen LogP contribution in [0, 0.1) is 0 Å². The van der Waals surface area contributed by atoms with E-state index in [0.29, 0.717) is 24.7 Å². The monoisotopic (exact) mass is 348 g/mol. The lowest BCUT2D eigenvalue weighted by atomic mass is 10.1. The van der Waals surface area contributed by atoms with Crippen LogP contribution in [0.4, 0.5) is 0 Å². The number of hydrogen-bond donors (Lipinski definition) is 2. The third-order valence-electron chi connectivity index (χ3n) is 5.01. The Labute approximate surface area is 148 Å². The molecule has 0 saturated carbocycles. The van der Waals surface area contributed by atoms with E-state index < -0.39 is 0 Å². The summed E-state index contributed by atoms with van der Waals surface area (Å²) < 4.78 is 1.79. The summed E-state index contributed by atoms with van der Waals surface area (Å²) in [6.45, 7) is 3.96. The highest BCUT2D eigenvalue weighted by molar-refractivity contribution is 5.92. The number of aromatic nitrogens is 3. The summed E-state index contributed by atoms with van der Waals surface area (Å²) in [4.78, 5) is 26.3. The number of carbonyl (C=O) groups excluding carboxylic acids is 2. The zero-order valence-corrected chi connectivity index (χ0v) is 14.7. The molecule has 0 atom stereocenters. The average Bonchev–Trinajstić information content (AvgIpc) is 2.98. The molecule has 138 valence electrons. The predicted molar refractivity (Wildman–Crippen MR) is 93.2 cm³/mol. The maximum Gasteiger partial charge on any atom is 0.273 e. The van der Waals surface area contributed by atoms with Crippen LogP contribution >= 0.6 is 0 Å². The van der Waals surface area contributed by atoms with Gasteiger partial charge in [0.1, 0.15) is 0 Å². The maximum atomic E-state index is 12.2. The number of rotatable bonds is 5. The molecule has 2 saturated heterocycles. The van der Waals surface area contributed by atoms with Crippen LogP contribution in [0.25, 0.3) is 0 Å². The number of nitrogens with zero attached hydrogens (tertiary/aromatic N) is 4. The second-order valence-corrected chi connectivity index (χ2v) is 6.87. The molecule has 2 fully saturated rings. The number of nitrogens with one attached hydrogen (secondary N) is 2. The maximum absolute atomic E-state index is 12.2. The third kappa shape index (κ3) is 5.01. The highest BCUT2D eigenvalue weighted by Crippen LogP contribution is 2.17. The minimum Gasteiger partial charge on any atom is -0.350 e. The van der Waals surface area contributed by atoms with Crippen LogP contribution in [0.2, 0.25) is 0 Å². The molecule has 2 N–H and O–H groups in total. The second kappa shape index (κ2) is 8.94. The Morgan fingerprint density at radius 2 is 1.88 bits per heavy atom. The summed E-state index contributed by atoms with van der Waals surface area (Å²) in [6, 6.07) is 0.305. The van der Waals surface area contributed by atoms with Crippen molar-refractivity contribution in [1.82, 2.24) is 30.5 Å². The lowest BCUT2D eigenvalue weighted by Crippen LogP contribution is -2.35. The van der Waals surface area contributed by atoms with E-state index in [1.54, 1.807) is 10.9 Å². The van der Waals surface area contributed by atoms with E-state index in [-0.39, 0.29) is 11.8 Å². The van der Waals surface area contributed by atoms with Gasteiger partial charge in [-0.15, -0.1) is 5.10 Å². The molecule has 3 rings (SSSR count). The summed E-state index contributed by atoms with van der Waals surface area (Å²) in [6.07, 6.45) is 8.61. The molecule has 3 heterocycles. The zero-order chi connectivity index (χ0) is 17.5. The van der Waals surface area contributed by atoms with Crippen LogP contribution in [0.15, 0.2) is 6.20 Å². The molecule has 2 aliphatic heterocycles. The van der Waals surface area contributed by atoms with Gasteiger partial charge in [-0.2, -0.15) is 0 Å². The van der Waals surface area contributed by atoms with E-state index in [9.17, 15) is 9.59 Å². The number of hydrogen-bond acceptors (Lipinski definition) is 5. The van der Waals surface area contributed by atoms with Gasteiger partial charge in [-0.3, -0.25) is 9.59 Å².